The number of hydrogen-bond acceptors (Lipinski definition) is 9. The van der Waals surface area contributed by atoms with E-state index in [-0.39, 0.29) is 31.5 Å². The molecule has 2 aromatic rings. The van der Waals surface area contributed by atoms with Crippen molar-refractivity contribution in [3.8, 4) is 23.3 Å². The zero-order valence-electron chi connectivity index (χ0n) is 19.9. The number of hydrogen-bond donors (Lipinski definition) is 0. The zero-order valence-corrected chi connectivity index (χ0v) is 19.9. The summed E-state index contributed by atoms with van der Waals surface area (Å²) in [5.41, 5.74) is 2.12. The lowest BCUT2D eigenvalue weighted by Crippen LogP contribution is -2.41. The monoisotopic (exact) mass is 479 g/mol. The smallest absolute Gasteiger partial charge is 0.426 e. The normalized spacial score (nSPS) is 15.5. The second kappa shape index (κ2) is 9.85. The van der Waals surface area contributed by atoms with E-state index in [1.165, 1.54) is 0 Å². The van der Waals surface area contributed by atoms with Gasteiger partial charge in [-0.3, -0.25) is 0 Å². The molecule has 0 N–H and O–H groups in total. The number of benzene rings is 2. The van der Waals surface area contributed by atoms with Gasteiger partial charge in [-0.15, -0.1) is 4.90 Å². The first-order valence-corrected chi connectivity index (χ1v) is 11.1. The van der Waals surface area contributed by atoms with Gasteiger partial charge < -0.3 is 28.6 Å². The van der Waals surface area contributed by atoms with Crippen molar-refractivity contribution in [3.05, 3.63) is 59.0 Å². The molecule has 2 aliphatic heterocycles. The molecular formula is C25H25N3O7. The van der Waals surface area contributed by atoms with E-state index in [0.717, 1.165) is 5.69 Å². The fourth-order valence-corrected chi connectivity index (χ4v) is 3.96. The van der Waals surface area contributed by atoms with E-state index < -0.39 is 18.1 Å². The number of ether oxygens (including phenoxy) is 5. The van der Waals surface area contributed by atoms with Gasteiger partial charge in [0.15, 0.2) is 11.5 Å². The van der Waals surface area contributed by atoms with Gasteiger partial charge in [0.25, 0.3) is 0 Å². The van der Waals surface area contributed by atoms with Crippen molar-refractivity contribution in [2.24, 2.45) is 0 Å². The molecular weight excluding hydrogens is 454 g/mol. The first-order valence-electron chi connectivity index (χ1n) is 11.1. The molecule has 4 rings (SSSR count). The molecule has 10 heteroatoms. The van der Waals surface area contributed by atoms with Gasteiger partial charge in [-0.2, -0.15) is 5.26 Å². The summed E-state index contributed by atoms with van der Waals surface area (Å²) in [4.78, 5) is 28.2. The van der Waals surface area contributed by atoms with Gasteiger partial charge in [-0.1, -0.05) is 18.2 Å². The number of nitriles is 1. The molecule has 0 aromatic heterocycles. The molecule has 0 saturated carbocycles. The summed E-state index contributed by atoms with van der Waals surface area (Å²) in [6, 6.07) is 13.0. The van der Waals surface area contributed by atoms with Gasteiger partial charge in [-0.05, 0) is 26.0 Å². The largest absolute Gasteiger partial charge is 0.454 e. The predicted octanol–water partition coefficient (Wildman–Crippen LogP) is 4.36. The molecule has 0 bridgehead atoms. The minimum absolute atomic E-state index is 0.00602. The van der Waals surface area contributed by atoms with E-state index in [0.29, 0.717) is 33.3 Å². The minimum atomic E-state index is -1.02. The number of nitrogens with zero attached hydrogens (tertiary/aromatic N) is 3. The average molecular weight is 479 g/mol. The maximum Gasteiger partial charge on any atom is 0.426 e. The second-order valence-corrected chi connectivity index (χ2v) is 7.80. The fraction of sp³-hybridized carbons (Fsp3) is 0.320. The molecule has 10 nitrogen and oxygen atoms in total. The molecule has 0 saturated heterocycles. The van der Waals surface area contributed by atoms with Crippen LogP contribution in [-0.2, 0) is 9.47 Å². The summed E-state index contributed by atoms with van der Waals surface area (Å²) in [6.45, 7) is 3.26. The standard InChI is InChI=1S/C25H25N3O7/c1-5-31-24(29)28(25(30)32-6-2)23-18(13-26)21(17-8-7-9-19-22(17)34-14-33-19)16-11-10-15(27(3)4)12-20(16)35-23/h7-12,21H,5-6,14H2,1-4H3. The number of carbonyl (C=O) groups excluding carboxylic acids is 2. The first-order chi connectivity index (χ1) is 16.9. The highest BCUT2D eigenvalue weighted by atomic mass is 16.7. The van der Waals surface area contributed by atoms with Crippen LogP contribution in [-0.4, -0.2) is 51.2 Å². The Morgan fingerprint density at radius 3 is 2.37 bits per heavy atom. The number of fused-ring (bicyclic) bond motifs is 2. The number of imide groups is 1. The number of para-hydroxylation sites is 1. The number of carbonyl (C=O) groups is 2. The summed E-state index contributed by atoms with van der Waals surface area (Å²) in [7, 11) is 3.75. The van der Waals surface area contributed by atoms with Crippen LogP contribution in [0.4, 0.5) is 15.3 Å². The minimum Gasteiger partial charge on any atom is -0.454 e. The maximum atomic E-state index is 12.9. The van der Waals surface area contributed by atoms with Crippen molar-refractivity contribution in [1.82, 2.24) is 4.90 Å². The van der Waals surface area contributed by atoms with E-state index in [9.17, 15) is 14.9 Å². The Labute approximate surface area is 202 Å². The van der Waals surface area contributed by atoms with Crippen LogP contribution in [0.25, 0.3) is 0 Å². The van der Waals surface area contributed by atoms with Crippen LogP contribution in [0.5, 0.6) is 17.2 Å². The summed E-state index contributed by atoms with van der Waals surface area (Å²) < 4.78 is 27.5. The average Bonchev–Trinajstić information content (AvgIpc) is 3.32. The second-order valence-electron chi connectivity index (χ2n) is 7.80. The van der Waals surface area contributed by atoms with Gasteiger partial charge in [0.2, 0.25) is 12.7 Å². The molecule has 2 aliphatic rings. The maximum absolute atomic E-state index is 12.9. The Hall–Kier alpha value is -4.39. The SMILES string of the molecule is CCOC(=O)N(C(=O)OCC)C1=C(C#N)C(c2cccc3c2OCO3)c2ccc(N(C)C)cc2O1. The van der Waals surface area contributed by atoms with Crippen molar-refractivity contribution >= 4 is 17.9 Å². The van der Waals surface area contributed by atoms with Crippen LogP contribution in [0.15, 0.2) is 47.9 Å². The molecule has 0 radical (unpaired) electrons. The quantitative estimate of drug-likeness (QED) is 0.618. The van der Waals surface area contributed by atoms with Gasteiger partial charge in [-0.25, -0.2) is 9.59 Å². The number of allylic oxidation sites excluding steroid dienone is 1. The molecule has 0 aliphatic carbocycles. The van der Waals surface area contributed by atoms with Crippen LogP contribution in [0.2, 0.25) is 0 Å². The van der Waals surface area contributed by atoms with E-state index in [2.05, 4.69) is 6.07 Å². The fourth-order valence-electron chi connectivity index (χ4n) is 3.96. The Bertz CT molecular complexity index is 1210. The van der Waals surface area contributed by atoms with Crippen LogP contribution < -0.4 is 19.1 Å². The summed E-state index contributed by atoms with van der Waals surface area (Å²) in [5.74, 6) is 0.373. The van der Waals surface area contributed by atoms with Gasteiger partial charge in [0.05, 0.1) is 19.1 Å². The highest BCUT2D eigenvalue weighted by molar-refractivity contribution is 5.90. The topological polar surface area (TPSA) is 111 Å². The molecule has 35 heavy (non-hydrogen) atoms. The van der Waals surface area contributed by atoms with Crippen LogP contribution in [0, 0.1) is 11.3 Å². The number of anilines is 1. The number of rotatable bonds is 5. The van der Waals surface area contributed by atoms with Crippen LogP contribution in [0.1, 0.15) is 30.9 Å². The summed E-state index contributed by atoms with van der Waals surface area (Å²) in [5, 5.41) is 10.3. The van der Waals surface area contributed by atoms with Crippen molar-refractivity contribution < 1.29 is 33.3 Å². The molecule has 0 fully saturated rings. The van der Waals surface area contributed by atoms with E-state index >= 15 is 0 Å². The van der Waals surface area contributed by atoms with Crippen molar-refractivity contribution in [2.45, 2.75) is 19.8 Å². The van der Waals surface area contributed by atoms with E-state index in [4.69, 9.17) is 23.7 Å². The Morgan fingerprint density at radius 1 is 1.03 bits per heavy atom. The van der Waals surface area contributed by atoms with Gasteiger partial charge in [0.1, 0.15) is 17.4 Å². The third kappa shape index (κ3) is 4.28. The number of amides is 2. The molecule has 2 aromatic carbocycles. The molecule has 1 atom stereocenters. The lowest BCUT2D eigenvalue weighted by molar-refractivity contribution is 0.0766. The first kappa shape index (κ1) is 23.8. The Balaban J connectivity index is 1.97. The molecule has 182 valence electrons. The molecule has 1 unspecified atom stereocenters. The van der Waals surface area contributed by atoms with Crippen LogP contribution in [0.3, 0.4) is 0 Å². The molecule has 0 spiro atoms. The van der Waals surface area contributed by atoms with Crippen molar-refractivity contribution in [1.29, 1.82) is 5.26 Å². The van der Waals surface area contributed by atoms with Crippen molar-refractivity contribution in [3.63, 3.8) is 0 Å². The van der Waals surface area contributed by atoms with Gasteiger partial charge in [0, 0.05) is 37.0 Å². The van der Waals surface area contributed by atoms with Crippen LogP contribution >= 0.6 is 0 Å². The lowest BCUT2D eigenvalue weighted by Gasteiger charge is -2.32. The lowest BCUT2D eigenvalue weighted by atomic mass is 9.82. The third-order valence-corrected chi connectivity index (χ3v) is 5.51. The van der Waals surface area contributed by atoms with Gasteiger partial charge >= 0.3 is 12.2 Å². The summed E-state index contributed by atoms with van der Waals surface area (Å²) >= 11 is 0. The summed E-state index contributed by atoms with van der Waals surface area (Å²) in [6.07, 6.45) is -2.03. The Morgan fingerprint density at radius 2 is 1.74 bits per heavy atom. The Kier molecular flexibility index (Phi) is 6.68. The molecule has 2 amide bonds. The zero-order chi connectivity index (χ0) is 25.1. The third-order valence-electron chi connectivity index (χ3n) is 5.51. The molecule has 2 heterocycles. The highest BCUT2D eigenvalue weighted by Gasteiger charge is 2.41. The predicted molar refractivity (Wildman–Crippen MR) is 124 cm³/mol. The highest BCUT2D eigenvalue weighted by Crippen LogP contribution is 2.50. The van der Waals surface area contributed by atoms with E-state index in [1.807, 2.05) is 31.1 Å². The van der Waals surface area contributed by atoms with E-state index in [1.54, 1.807) is 38.1 Å². The van der Waals surface area contributed by atoms with Crippen molar-refractivity contribution in [2.75, 3.05) is 39.0 Å².